The molecule has 0 N–H and O–H groups in total. The molecule has 2 rings (SSSR count). The molecule has 0 bridgehead atoms. The summed E-state index contributed by atoms with van der Waals surface area (Å²) in [5.74, 6) is 1.65. The number of rotatable bonds is 2. The molecule has 0 saturated heterocycles. The van der Waals surface area contributed by atoms with Crippen LogP contribution in [0, 0.1) is 17.3 Å². The minimum atomic E-state index is 0.252. The fourth-order valence-corrected chi connectivity index (χ4v) is 3.48. The second-order valence-corrected chi connectivity index (χ2v) is 6.35. The molecule has 1 heteroatoms. The standard InChI is InChI=1S/C16H26O/c1-11(2)13-6-7-14-9-15(17-5)8-12(3)16(14,4)10-13/h9,11,13,15H,3,6-8,10H2,1-2,4-5H3/t13-,15+,16-/m1/s1. The number of hydrogen-bond donors (Lipinski definition) is 0. The summed E-state index contributed by atoms with van der Waals surface area (Å²) in [5.41, 5.74) is 3.21. The van der Waals surface area contributed by atoms with E-state index >= 15 is 0 Å². The maximum Gasteiger partial charge on any atom is 0.0792 e. The maximum atomic E-state index is 5.49. The van der Waals surface area contributed by atoms with Crippen molar-refractivity contribution in [3.8, 4) is 0 Å². The summed E-state index contributed by atoms with van der Waals surface area (Å²) in [7, 11) is 1.80. The van der Waals surface area contributed by atoms with E-state index in [-0.39, 0.29) is 11.5 Å². The highest BCUT2D eigenvalue weighted by Crippen LogP contribution is 2.52. The Hall–Kier alpha value is -0.560. The highest BCUT2D eigenvalue weighted by molar-refractivity contribution is 5.34. The third-order valence-electron chi connectivity index (χ3n) is 5.02. The molecule has 2 aliphatic rings. The Bertz CT molecular complexity index is 339. The lowest BCUT2D eigenvalue weighted by molar-refractivity contribution is 0.116. The van der Waals surface area contributed by atoms with Crippen LogP contribution in [0.1, 0.15) is 46.5 Å². The van der Waals surface area contributed by atoms with Gasteiger partial charge in [-0.15, -0.1) is 0 Å². The molecule has 0 aliphatic heterocycles. The smallest absolute Gasteiger partial charge is 0.0792 e. The highest BCUT2D eigenvalue weighted by atomic mass is 16.5. The molecule has 2 aliphatic carbocycles. The van der Waals surface area contributed by atoms with Gasteiger partial charge in [0.2, 0.25) is 0 Å². The van der Waals surface area contributed by atoms with E-state index in [0.29, 0.717) is 0 Å². The molecular formula is C16H26O. The van der Waals surface area contributed by atoms with Crippen LogP contribution in [0.2, 0.25) is 0 Å². The van der Waals surface area contributed by atoms with Crippen molar-refractivity contribution >= 4 is 0 Å². The highest BCUT2D eigenvalue weighted by Gasteiger charge is 2.41. The van der Waals surface area contributed by atoms with Crippen LogP contribution in [0.25, 0.3) is 0 Å². The molecule has 0 unspecified atom stereocenters. The van der Waals surface area contributed by atoms with E-state index < -0.39 is 0 Å². The van der Waals surface area contributed by atoms with Gasteiger partial charge < -0.3 is 4.74 Å². The van der Waals surface area contributed by atoms with E-state index in [1.54, 1.807) is 12.7 Å². The molecule has 0 aromatic rings. The minimum Gasteiger partial charge on any atom is -0.377 e. The Kier molecular flexibility index (Phi) is 3.49. The first-order valence-electron chi connectivity index (χ1n) is 6.89. The summed E-state index contributed by atoms with van der Waals surface area (Å²) < 4.78 is 5.49. The predicted molar refractivity (Wildman–Crippen MR) is 72.9 cm³/mol. The van der Waals surface area contributed by atoms with Crippen LogP contribution in [0.5, 0.6) is 0 Å². The largest absolute Gasteiger partial charge is 0.377 e. The molecule has 1 nitrogen and oxygen atoms in total. The zero-order valence-electron chi connectivity index (χ0n) is 11.8. The van der Waals surface area contributed by atoms with Crippen molar-refractivity contribution in [1.29, 1.82) is 0 Å². The van der Waals surface area contributed by atoms with Crippen molar-refractivity contribution in [2.24, 2.45) is 17.3 Å². The van der Waals surface area contributed by atoms with Crippen molar-refractivity contribution in [2.75, 3.05) is 7.11 Å². The predicted octanol–water partition coefficient (Wildman–Crippen LogP) is 4.35. The lowest BCUT2D eigenvalue weighted by Gasteiger charge is -2.47. The Morgan fingerprint density at radius 3 is 2.76 bits per heavy atom. The lowest BCUT2D eigenvalue weighted by atomic mass is 9.59. The van der Waals surface area contributed by atoms with E-state index in [4.69, 9.17) is 4.74 Å². The Labute approximate surface area is 106 Å². The zero-order chi connectivity index (χ0) is 12.6. The van der Waals surface area contributed by atoms with E-state index in [1.165, 1.54) is 24.8 Å². The molecule has 1 fully saturated rings. The maximum absolute atomic E-state index is 5.49. The molecule has 0 amide bonds. The summed E-state index contributed by atoms with van der Waals surface area (Å²) in [6.07, 6.45) is 7.49. The van der Waals surface area contributed by atoms with Crippen LogP contribution in [-0.4, -0.2) is 13.2 Å². The van der Waals surface area contributed by atoms with Crippen molar-refractivity contribution in [1.82, 2.24) is 0 Å². The van der Waals surface area contributed by atoms with E-state index in [1.807, 2.05) is 0 Å². The fraction of sp³-hybridized carbons (Fsp3) is 0.750. The number of hydrogen-bond acceptors (Lipinski definition) is 1. The van der Waals surface area contributed by atoms with Crippen LogP contribution >= 0.6 is 0 Å². The van der Waals surface area contributed by atoms with Gasteiger partial charge in [0.05, 0.1) is 6.10 Å². The zero-order valence-corrected chi connectivity index (χ0v) is 11.8. The first-order chi connectivity index (χ1) is 7.97. The van der Waals surface area contributed by atoms with Crippen molar-refractivity contribution < 1.29 is 4.74 Å². The lowest BCUT2D eigenvalue weighted by Crippen LogP contribution is -2.36. The number of allylic oxidation sites excluding steroid dienone is 1. The molecule has 3 atom stereocenters. The number of ether oxygens (including phenoxy) is 1. The quantitative estimate of drug-likeness (QED) is 0.645. The van der Waals surface area contributed by atoms with Crippen LogP contribution in [-0.2, 0) is 4.74 Å². The molecule has 0 aromatic carbocycles. The Balaban J connectivity index is 2.25. The van der Waals surface area contributed by atoms with Crippen molar-refractivity contribution in [3.05, 3.63) is 23.8 Å². The van der Waals surface area contributed by atoms with Crippen molar-refractivity contribution in [3.63, 3.8) is 0 Å². The Morgan fingerprint density at radius 1 is 1.47 bits per heavy atom. The monoisotopic (exact) mass is 234 g/mol. The molecule has 0 aromatic heterocycles. The van der Waals surface area contributed by atoms with Crippen LogP contribution in [0.4, 0.5) is 0 Å². The van der Waals surface area contributed by atoms with E-state index in [2.05, 4.69) is 33.4 Å². The molecule has 96 valence electrons. The molecule has 17 heavy (non-hydrogen) atoms. The fourth-order valence-electron chi connectivity index (χ4n) is 3.48. The second-order valence-electron chi connectivity index (χ2n) is 6.35. The molecule has 0 spiro atoms. The summed E-state index contributed by atoms with van der Waals surface area (Å²) in [4.78, 5) is 0. The first-order valence-corrected chi connectivity index (χ1v) is 6.89. The third-order valence-corrected chi connectivity index (χ3v) is 5.02. The van der Waals surface area contributed by atoms with Crippen LogP contribution in [0.3, 0.4) is 0 Å². The summed E-state index contributed by atoms with van der Waals surface area (Å²) in [5, 5.41) is 0. The first kappa shape index (κ1) is 12.9. The second kappa shape index (κ2) is 4.61. The third kappa shape index (κ3) is 2.22. The summed E-state index contributed by atoms with van der Waals surface area (Å²) in [6.45, 7) is 11.4. The SMILES string of the molecule is C=C1C[C@H](OC)C=C2CC[C@@H](C(C)C)C[C@]12C. The van der Waals surface area contributed by atoms with Gasteiger partial charge in [0.25, 0.3) is 0 Å². The van der Waals surface area contributed by atoms with Crippen molar-refractivity contribution in [2.45, 2.75) is 52.6 Å². The molecule has 0 heterocycles. The van der Waals surface area contributed by atoms with Gasteiger partial charge in [0.15, 0.2) is 0 Å². The Morgan fingerprint density at radius 2 is 2.18 bits per heavy atom. The topological polar surface area (TPSA) is 9.23 Å². The van der Waals surface area contributed by atoms with Crippen LogP contribution in [0.15, 0.2) is 23.8 Å². The van der Waals surface area contributed by atoms with E-state index in [9.17, 15) is 0 Å². The van der Waals surface area contributed by atoms with Gasteiger partial charge in [-0.3, -0.25) is 0 Å². The number of fused-ring (bicyclic) bond motifs is 1. The van der Waals surface area contributed by atoms with Gasteiger partial charge in [-0.05, 0) is 37.5 Å². The van der Waals surface area contributed by atoms with Gasteiger partial charge in [-0.1, -0.05) is 44.6 Å². The van der Waals surface area contributed by atoms with Gasteiger partial charge in [-0.2, -0.15) is 0 Å². The average molecular weight is 234 g/mol. The normalized spacial score (nSPS) is 37.9. The van der Waals surface area contributed by atoms with Crippen LogP contribution < -0.4 is 0 Å². The minimum absolute atomic E-state index is 0.252. The van der Waals surface area contributed by atoms with Gasteiger partial charge in [-0.25, -0.2) is 0 Å². The average Bonchev–Trinajstić information content (AvgIpc) is 2.29. The molecular weight excluding hydrogens is 208 g/mol. The molecule has 1 saturated carbocycles. The number of methoxy groups -OCH3 is 1. The summed E-state index contributed by atoms with van der Waals surface area (Å²) >= 11 is 0. The summed E-state index contributed by atoms with van der Waals surface area (Å²) in [6, 6.07) is 0. The van der Waals surface area contributed by atoms with Gasteiger partial charge >= 0.3 is 0 Å². The van der Waals surface area contributed by atoms with E-state index in [0.717, 1.165) is 18.3 Å². The molecule has 0 radical (unpaired) electrons. The van der Waals surface area contributed by atoms with Gasteiger partial charge in [0, 0.05) is 12.5 Å². The van der Waals surface area contributed by atoms with Gasteiger partial charge in [0.1, 0.15) is 0 Å².